The van der Waals surface area contributed by atoms with Gasteiger partial charge in [-0.25, -0.2) is 0 Å². The van der Waals surface area contributed by atoms with Crippen LogP contribution in [0.1, 0.15) is 54.3 Å². The number of anilines is 1. The number of methoxy groups -OCH3 is 1. The Kier molecular flexibility index (Phi) is 7.43. The molecule has 188 valence electrons. The molecule has 0 bridgehead atoms. The number of aliphatic hydroxyl groups excluding tert-OH is 1. The molecule has 1 atom stereocenters. The monoisotopic (exact) mass is 525 g/mol. The Morgan fingerprint density at radius 3 is 2.44 bits per heavy atom. The fourth-order valence-corrected chi connectivity index (χ4v) is 5.68. The second-order valence-corrected chi connectivity index (χ2v) is 10.2. The van der Waals surface area contributed by atoms with Crippen LogP contribution >= 0.6 is 22.9 Å². The third kappa shape index (κ3) is 4.49. The van der Waals surface area contributed by atoms with Gasteiger partial charge in [0.1, 0.15) is 23.3 Å². The maximum Gasteiger partial charge on any atom is 0.300 e. The van der Waals surface area contributed by atoms with E-state index in [-0.39, 0.29) is 17.3 Å². The van der Waals surface area contributed by atoms with Gasteiger partial charge in [0.15, 0.2) is 0 Å². The van der Waals surface area contributed by atoms with Crippen LogP contribution in [0.25, 0.3) is 5.76 Å². The van der Waals surface area contributed by atoms with Crippen LogP contribution in [-0.2, 0) is 9.59 Å². The van der Waals surface area contributed by atoms with E-state index in [2.05, 4.69) is 0 Å². The zero-order chi connectivity index (χ0) is 26.1. The number of thiophene rings is 1. The molecule has 0 saturated carbocycles. The zero-order valence-electron chi connectivity index (χ0n) is 20.8. The minimum absolute atomic E-state index is 0.0383. The Morgan fingerprint density at radius 2 is 1.86 bits per heavy atom. The third-order valence-electron chi connectivity index (χ3n) is 6.21. The highest BCUT2D eigenvalue weighted by Crippen LogP contribution is 2.46. The van der Waals surface area contributed by atoms with Crippen LogP contribution in [0.4, 0.5) is 5.69 Å². The summed E-state index contributed by atoms with van der Waals surface area (Å²) >= 11 is 7.79. The van der Waals surface area contributed by atoms with Gasteiger partial charge in [-0.2, -0.15) is 0 Å². The molecule has 1 N–H and O–H groups in total. The van der Waals surface area contributed by atoms with Gasteiger partial charge < -0.3 is 14.6 Å². The molecule has 2 aromatic carbocycles. The molecule has 1 unspecified atom stereocenters. The van der Waals surface area contributed by atoms with Crippen molar-refractivity contribution in [3.05, 3.63) is 80.0 Å². The van der Waals surface area contributed by atoms with Crippen LogP contribution in [0.15, 0.2) is 53.4 Å². The fraction of sp³-hybridized carbons (Fsp3) is 0.286. The van der Waals surface area contributed by atoms with Crippen molar-refractivity contribution in [2.45, 2.75) is 39.7 Å². The van der Waals surface area contributed by atoms with Gasteiger partial charge in [0.2, 0.25) is 0 Å². The summed E-state index contributed by atoms with van der Waals surface area (Å²) in [5.74, 6) is -0.404. The van der Waals surface area contributed by atoms with Crippen molar-refractivity contribution in [2.75, 3.05) is 18.6 Å². The molecule has 1 fully saturated rings. The number of amides is 1. The molecule has 1 aromatic heterocycles. The summed E-state index contributed by atoms with van der Waals surface area (Å²) in [5.41, 5.74) is 2.75. The molecule has 6 nitrogen and oxygen atoms in total. The maximum absolute atomic E-state index is 13.4. The Morgan fingerprint density at radius 1 is 1.14 bits per heavy atom. The van der Waals surface area contributed by atoms with Gasteiger partial charge in [0.25, 0.3) is 11.7 Å². The Bertz CT molecular complexity index is 1360. The Hall–Kier alpha value is -3.29. The maximum atomic E-state index is 13.4. The van der Waals surface area contributed by atoms with Gasteiger partial charge in [-0.15, -0.1) is 11.3 Å². The largest absolute Gasteiger partial charge is 0.507 e. The number of carbonyl (C=O) groups is 2. The minimum Gasteiger partial charge on any atom is -0.507 e. The normalized spacial score (nSPS) is 17.2. The molecule has 2 heterocycles. The number of carbonyl (C=O) groups excluding carboxylic acids is 2. The van der Waals surface area contributed by atoms with Crippen molar-refractivity contribution in [3.8, 4) is 11.5 Å². The van der Waals surface area contributed by atoms with E-state index in [1.807, 2.05) is 45.2 Å². The van der Waals surface area contributed by atoms with Crippen molar-refractivity contribution in [3.63, 3.8) is 0 Å². The molecule has 0 radical (unpaired) electrons. The van der Waals surface area contributed by atoms with Crippen molar-refractivity contribution in [1.82, 2.24) is 0 Å². The van der Waals surface area contributed by atoms with E-state index in [0.29, 0.717) is 28.6 Å². The summed E-state index contributed by atoms with van der Waals surface area (Å²) in [6.07, 6.45) is 0. The highest BCUT2D eigenvalue weighted by atomic mass is 35.5. The lowest BCUT2D eigenvalue weighted by Gasteiger charge is -2.25. The molecule has 3 aromatic rings. The van der Waals surface area contributed by atoms with Crippen LogP contribution in [0.2, 0.25) is 5.02 Å². The number of hydrogen-bond donors (Lipinski definition) is 1. The number of benzene rings is 2. The van der Waals surface area contributed by atoms with Crippen LogP contribution < -0.4 is 14.4 Å². The molecule has 8 heteroatoms. The second kappa shape index (κ2) is 10.4. The number of halogens is 1. The van der Waals surface area contributed by atoms with E-state index >= 15 is 0 Å². The van der Waals surface area contributed by atoms with Gasteiger partial charge in [-0.05, 0) is 78.7 Å². The van der Waals surface area contributed by atoms with E-state index in [1.54, 1.807) is 30.3 Å². The summed E-state index contributed by atoms with van der Waals surface area (Å²) in [6.45, 7) is 8.40. The van der Waals surface area contributed by atoms with Crippen molar-refractivity contribution >= 4 is 46.1 Å². The number of ketones is 1. The quantitative estimate of drug-likeness (QED) is 0.207. The molecule has 0 aliphatic carbocycles. The predicted octanol–water partition coefficient (Wildman–Crippen LogP) is 6.87. The first-order valence-electron chi connectivity index (χ1n) is 11.6. The lowest BCUT2D eigenvalue weighted by molar-refractivity contribution is -0.132. The van der Waals surface area contributed by atoms with Crippen molar-refractivity contribution in [2.24, 2.45) is 0 Å². The molecular weight excluding hydrogens is 498 g/mol. The van der Waals surface area contributed by atoms with Crippen LogP contribution in [0.3, 0.4) is 0 Å². The zero-order valence-corrected chi connectivity index (χ0v) is 22.4. The smallest absolute Gasteiger partial charge is 0.300 e. The predicted molar refractivity (Wildman–Crippen MR) is 144 cm³/mol. The van der Waals surface area contributed by atoms with Crippen molar-refractivity contribution < 1.29 is 24.2 Å². The van der Waals surface area contributed by atoms with Gasteiger partial charge in [-0.1, -0.05) is 25.4 Å². The Balaban J connectivity index is 1.93. The fourth-order valence-electron chi connectivity index (χ4n) is 4.41. The molecule has 36 heavy (non-hydrogen) atoms. The molecular formula is C28H28ClNO5S. The Labute approximate surface area is 219 Å². The summed E-state index contributed by atoms with van der Waals surface area (Å²) in [4.78, 5) is 29.0. The average molecular weight is 526 g/mol. The lowest BCUT2D eigenvalue weighted by Crippen LogP contribution is -2.29. The number of aryl methyl sites for hydroxylation is 1. The number of ether oxygens (including phenoxy) is 2. The highest BCUT2D eigenvalue weighted by Gasteiger charge is 2.48. The first-order valence-corrected chi connectivity index (χ1v) is 12.9. The topological polar surface area (TPSA) is 76.1 Å². The van der Waals surface area contributed by atoms with E-state index in [4.69, 9.17) is 21.1 Å². The molecule has 1 saturated heterocycles. The summed E-state index contributed by atoms with van der Waals surface area (Å²) < 4.78 is 11.0. The van der Waals surface area contributed by atoms with Gasteiger partial charge in [0, 0.05) is 16.1 Å². The van der Waals surface area contributed by atoms with Crippen molar-refractivity contribution in [1.29, 1.82) is 0 Å². The van der Waals surface area contributed by atoms with Gasteiger partial charge >= 0.3 is 0 Å². The standard InChI is InChI=1S/C28H28ClNO5S/c1-6-35-21-9-7-17(13-19(21)15(2)3)25(31)23-24(27-16(4)11-12-36-27)30(28(33)26(23)32)18-8-10-22(34-5)20(29)14-18/h7-15,24,31H,6H2,1-5H3/b25-23-. The summed E-state index contributed by atoms with van der Waals surface area (Å²) in [6, 6.07) is 11.4. The van der Waals surface area contributed by atoms with E-state index < -0.39 is 17.7 Å². The number of nitrogens with zero attached hydrogens (tertiary/aromatic N) is 1. The van der Waals surface area contributed by atoms with Crippen LogP contribution in [0, 0.1) is 6.92 Å². The van der Waals surface area contributed by atoms with E-state index in [1.165, 1.54) is 23.3 Å². The molecule has 4 rings (SSSR count). The van der Waals surface area contributed by atoms with Gasteiger partial charge in [0.05, 0.1) is 24.3 Å². The first-order chi connectivity index (χ1) is 17.2. The summed E-state index contributed by atoms with van der Waals surface area (Å²) in [5, 5.41) is 13.7. The number of aliphatic hydroxyl groups is 1. The summed E-state index contributed by atoms with van der Waals surface area (Å²) in [7, 11) is 1.50. The first kappa shape index (κ1) is 25.8. The number of hydrogen-bond acceptors (Lipinski definition) is 6. The minimum atomic E-state index is -0.802. The van der Waals surface area contributed by atoms with Gasteiger partial charge in [-0.3, -0.25) is 14.5 Å². The number of Topliss-reactive ketones (excluding diaryl/α,β-unsaturated/α-hetero) is 1. The molecule has 0 spiro atoms. The lowest BCUT2D eigenvalue weighted by atomic mass is 9.94. The van der Waals surface area contributed by atoms with E-state index in [0.717, 1.165) is 21.8 Å². The molecule has 1 amide bonds. The SMILES string of the molecule is CCOc1ccc(/C(O)=C2/C(=O)C(=O)N(c3ccc(OC)c(Cl)c3)C2c2sccc2C)cc1C(C)C. The third-order valence-corrected chi connectivity index (χ3v) is 7.58. The highest BCUT2D eigenvalue weighted by molar-refractivity contribution is 7.10. The molecule has 1 aliphatic heterocycles. The van der Waals surface area contributed by atoms with Crippen LogP contribution in [-0.4, -0.2) is 30.5 Å². The van der Waals surface area contributed by atoms with Crippen LogP contribution in [0.5, 0.6) is 11.5 Å². The van der Waals surface area contributed by atoms with E-state index in [9.17, 15) is 14.7 Å². The second-order valence-electron chi connectivity index (χ2n) is 8.80. The average Bonchev–Trinajstić information content (AvgIpc) is 3.39. The number of rotatable bonds is 7. The molecule has 1 aliphatic rings.